The van der Waals surface area contributed by atoms with E-state index in [-0.39, 0.29) is 18.1 Å². The topological polar surface area (TPSA) is 132 Å². The molecule has 0 amide bonds. The van der Waals surface area contributed by atoms with Gasteiger partial charge in [-0.1, -0.05) is 11.8 Å². The molecule has 0 unspecified atom stereocenters. The smallest absolute Gasteiger partial charge is 0.325 e. The molecule has 2 aromatic heterocycles. The molecule has 29 heavy (non-hydrogen) atoms. The van der Waals surface area contributed by atoms with E-state index in [1.165, 1.54) is 17.8 Å². The normalized spacial score (nSPS) is 10.7. The lowest BCUT2D eigenvalue weighted by Crippen LogP contribution is -2.23. The van der Waals surface area contributed by atoms with E-state index in [2.05, 4.69) is 20.2 Å². The number of aromatic nitrogens is 5. The van der Waals surface area contributed by atoms with Gasteiger partial charge in [0.1, 0.15) is 11.6 Å². The first-order chi connectivity index (χ1) is 14.0. The molecule has 1 aromatic carbocycles. The molecule has 0 atom stereocenters. The lowest BCUT2D eigenvalue weighted by atomic mass is 10.2. The van der Waals surface area contributed by atoms with Gasteiger partial charge in [-0.05, 0) is 31.2 Å². The van der Waals surface area contributed by atoms with Crippen LogP contribution in [0.5, 0.6) is 5.75 Å². The summed E-state index contributed by atoms with van der Waals surface area (Å²) in [7, 11) is 1.57. The maximum atomic E-state index is 11.7. The number of nitrogens with zero attached hydrogens (tertiary/aromatic N) is 3. The van der Waals surface area contributed by atoms with E-state index < -0.39 is 11.2 Å². The summed E-state index contributed by atoms with van der Waals surface area (Å²) in [5.41, 5.74) is 0.0308. The van der Waals surface area contributed by atoms with Gasteiger partial charge in [0.15, 0.2) is 5.16 Å². The van der Waals surface area contributed by atoms with Crippen molar-refractivity contribution in [3.05, 3.63) is 62.7 Å². The summed E-state index contributed by atoms with van der Waals surface area (Å²) in [5.74, 6) is 0.886. The van der Waals surface area contributed by atoms with Crippen LogP contribution in [0.4, 0.5) is 0 Å². The zero-order valence-corrected chi connectivity index (χ0v) is 16.6. The lowest BCUT2D eigenvalue weighted by molar-refractivity contribution is -0.139. The Morgan fingerprint density at radius 2 is 1.93 bits per heavy atom. The molecular weight excluding hydrogens is 398 g/mol. The standard InChI is InChI=1S/C18H19N5O5S/c1-3-28-16(25)10-29-18-22-21-14(8-11-9-15(24)20-17(26)19-11)23(18)12-4-6-13(27-2)7-5-12/h4-7,9H,3,8,10H2,1-2H3,(H2,19,20,24,26). The molecule has 3 rings (SSSR count). The molecule has 10 nitrogen and oxygen atoms in total. The average molecular weight is 417 g/mol. The number of rotatable bonds is 8. The van der Waals surface area contributed by atoms with Crippen molar-refractivity contribution >= 4 is 17.7 Å². The first-order valence-electron chi connectivity index (χ1n) is 8.69. The molecule has 0 fully saturated rings. The Morgan fingerprint density at radius 3 is 2.59 bits per heavy atom. The maximum absolute atomic E-state index is 11.7. The molecule has 0 aliphatic carbocycles. The molecular formula is C18H19N5O5S. The van der Waals surface area contributed by atoms with Gasteiger partial charge in [0.25, 0.3) is 5.56 Å². The summed E-state index contributed by atoms with van der Waals surface area (Å²) < 4.78 is 11.9. The van der Waals surface area contributed by atoms with E-state index in [9.17, 15) is 14.4 Å². The van der Waals surface area contributed by atoms with Crippen molar-refractivity contribution in [2.45, 2.75) is 18.5 Å². The fourth-order valence-electron chi connectivity index (χ4n) is 2.61. The van der Waals surface area contributed by atoms with E-state index in [1.807, 2.05) is 12.1 Å². The second-order valence-electron chi connectivity index (χ2n) is 5.82. The Hall–Kier alpha value is -3.34. The minimum absolute atomic E-state index is 0.0734. The van der Waals surface area contributed by atoms with Gasteiger partial charge in [-0.15, -0.1) is 10.2 Å². The van der Waals surface area contributed by atoms with Gasteiger partial charge in [-0.25, -0.2) is 4.79 Å². The van der Waals surface area contributed by atoms with Crippen molar-refractivity contribution in [3.63, 3.8) is 0 Å². The highest BCUT2D eigenvalue weighted by molar-refractivity contribution is 7.99. The summed E-state index contributed by atoms with van der Waals surface area (Å²) >= 11 is 1.18. The third-order valence-electron chi connectivity index (χ3n) is 3.82. The monoisotopic (exact) mass is 417 g/mol. The Labute approximate surface area is 169 Å². The maximum Gasteiger partial charge on any atom is 0.325 e. The van der Waals surface area contributed by atoms with Gasteiger partial charge >= 0.3 is 11.7 Å². The third kappa shape index (κ3) is 5.13. The molecule has 0 aliphatic rings. The average Bonchev–Trinajstić information content (AvgIpc) is 3.08. The van der Waals surface area contributed by atoms with Crippen molar-refractivity contribution in [1.29, 1.82) is 0 Å². The van der Waals surface area contributed by atoms with E-state index >= 15 is 0 Å². The van der Waals surface area contributed by atoms with Gasteiger partial charge in [0.05, 0.1) is 19.5 Å². The number of carbonyl (C=O) groups excluding carboxylic acids is 1. The Kier molecular flexibility index (Phi) is 6.50. The first kappa shape index (κ1) is 20.4. The Balaban J connectivity index is 1.97. The minimum Gasteiger partial charge on any atom is -0.497 e. The molecule has 0 saturated carbocycles. The van der Waals surface area contributed by atoms with E-state index in [1.54, 1.807) is 30.7 Å². The number of thioether (sulfide) groups is 1. The summed E-state index contributed by atoms with van der Waals surface area (Å²) in [5, 5.41) is 8.83. The third-order valence-corrected chi connectivity index (χ3v) is 4.72. The van der Waals surface area contributed by atoms with Crippen LogP contribution in [0.1, 0.15) is 18.4 Å². The highest BCUT2D eigenvalue weighted by Gasteiger charge is 2.17. The predicted molar refractivity (Wildman–Crippen MR) is 106 cm³/mol. The first-order valence-corrected chi connectivity index (χ1v) is 9.68. The second-order valence-corrected chi connectivity index (χ2v) is 6.76. The Bertz CT molecular complexity index is 1070. The van der Waals surface area contributed by atoms with Gasteiger partial charge in [0, 0.05) is 23.9 Å². The van der Waals surface area contributed by atoms with E-state index in [4.69, 9.17) is 9.47 Å². The fraction of sp³-hybridized carbons (Fsp3) is 0.278. The van der Waals surface area contributed by atoms with Crippen LogP contribution >= 0.6 is 11.8 Å². The number of carbonyl (C=O) groups is 1. The number of esters is 1. The van der Waals surface area contributed by atoms with Gasteiger partial charge in [0.2, 0.25) is 0 Å². The second kappa shape index (κ2) is 9.24. The molecule has 11 heteroatoms. The van der Waals surface area contributed by atoms with Crippen LogP contribution in [0.2, 0.25) is 0 Å². The molecule has 2 heterocycles. The predicted octanol–water partition coefficient (Wildman–Crippen LogP) is 0.898. The van der Waals surface area contributed by atoms with E-state index in [0.29, 0.717) is 29.0 Å². The summed E-state index contributed by atoms with van der Waals surface area (Å²) in [6.07, 6.45) is 0.165. The molecule has 152 valence electrons. The number of nitrogens with one attached hydrogen (secondary N) is 2. The molecule has 0 bridgehead atoms. The SMILES string of the molecule is CCOC(=O)CSc1nnc(Cc2cc(=O)[nH]c(=O)[nH]2)n1-c1ccc(OC)cc1. The number of methoxy groups -OCH3 is 1. The highest BCUT2D eigenvalue weighted by Crippen LogP contribution is 2.24. The highest BCUT2D eigenvalue weighted by atomic mass is 32.2. The molecule has 0 aliphatic heterocycles. The van der Waals surface area contributed by atoms with Crippen LogP contribution in [0.3, 0.4) is 0 Å². The van der Waals surface area contributed by atoms with Crippen LogP contribution in [-0.4, -0.2) is 50.2 Å². The van der Waals surface area contributed by atoms with Crippen LogP contribution in [0, 0.1) is 0 Å². The lowest BCUT2D eigenvalue weighted by Gasteiger charge is -2.11. The van der Waals surface area contributed by atoms with Crippen LogP contribution in [0.15, 0.2) is 45.1 Å². The molecule has 3 aromatic rings. The van der Waals surface area contributed by atoms with Crippen LogP contribution in [-0.2, 0) is 16.0 Å². The van der Waals surface area contributed by atoms with Gasteiger partial charge in [-0.2, -0.15) is 0 Å². The van der Waals surface area contributed by atoms with Crippen molar-refractivity contribution in [2.24, 2.45) is 0 Å². The minimum atomic E-state index is -0.597. The number of hydrogen-bond donors (Lipinski definition) is 2. The summed E-state index contributed by atoms with van der Waals surface area (Å²) in [6.45, 7) is 2.04. The quantitative estimate of drug-likeness (QED) is 0.408. The van der Waals surface area contributed by atoms with Gasteiger partial charge < -0.3 is 14.5 Å². The Morgan fingerprint density at radius 1 is 1.17 bits per heavy atom. The number of H-pyrrole nitrogens is 2. The number of aromatic amines is 2. The molecule has 2 N–H and O–H groups in total. The molecule has 0 saturated heterocycles. The summed E-state index contributed by atoms with van der Waals surface area (Å²) in [4.78, 5) is 39.6. The fourth-order valence-corrected chi connectivity index (χ4v) is 3.38. The molecule has 0 radical (unpaired) electrons. The summed E-state index contributed by atoms with van der Waals surface area (Å²) in [6, 6.07) is 8.50. The molecule has 0 spiro atoms. The van der Waals surface area contributed by atoms with E-state index in [0.717, 1.165) is 5.69 Å². The number of ether oxygens (including phenoxy) is 2. The largest absolute Gasteiger partial charge is 0.497 e. The zero-order valence-electron chi connectivity index (χ0n) is 15.8. The zero-order chi connectivity index (χ0) is 20.8. The van der Waals surface area contributed by atoms with Crippen molar-refractivity contribution in [2.75, 3.05) is 19.5 Å². The van der Waals surface area contributed by atoms with Crippen molar-refractivity contribution in [3.8, 4) is 11.4 Å². The number of hydrogen-bond acceptors (Lipinski definition) is 8. The van der Waals surface area contributed by atoms with Crippen molar-refractivity contribution < 1.29 is 14.3 Å². The van der Waals surface area contributed by atoms with Gasteiger partial charge in [-0.3, -0.25) is 19.1 Å². The van der Waals surface area contributed by atoms with Crippen molar-refractivity contribution in [1.82, 2.24) is 24.7 Å². The van der Waals surface area contributed by atoms with Crippen LogP contribution < -0.4 is 16.0 Å². The van der Waals surface area contributed by atoms with Crippen LogP contribution in [0.25, 0.3) is 5.69 Å². The number of benzene rings is 1.